The minimum atomic E-state index is 0. The topological polar surface area (TPSA) is 68.3 Å². The Bertz CT molecular complexity index is 969. The summed E-state index contributed by atoms with van der Waals surface area (Å²) in [5.74, 6) is 1.73. The van der Waals surface area contributed by atoms with Gasteiger partial charge in [-0.1, -0.05) is 54.9 Å². The van der Waals surface area contributed by atoms with E-state index in [1.807, 2.05) is 48.5 Å². The van der Waals surface area contributed by atoms with E-state index in [1.165, 1.54) is 16.7 Å². The zero-order valence-electron chi connectivity index (χ0n) is 18.4. The Morgan fingerprint density at radius 2 is 1.65 bits per heavy atom. The molecule has 164 valence electrons. The number of allylic oxidation sites excluding steroid dienone is 1. The molecule has 0 saturated heterocycles. The lowest BCUT2D eigenvalue weighted by Gasteiger charge is -2.13. The number of anilines is 1. The zero-order chi connectivity index (χ0) is 21.3. The van der Waals surface area contributed by atoms with Crippen LogP contribution in [0.1, 0.15) is 30.5 Å². The summed E-state index contributed by atoms with van der Waals surface area (Å²) in [7, 11) is 0. The van der Waals surface area contributed by atoms with Gasteiger partial charge >= 0.3 is 0 Å². The molecule has 0 bridgehead atoms. The molecular weight excluding hydrogens is 406 g/mol. The molecule has 0 aliphatic carbocycles. The van der Waals surface area contributed by atoms with Gasteiger partial charge in [0.15, 0.2) is 0 Å². The summed E-state index contributed by atoms with van der Waals surface area (Å²) in [4.78, 5) is 0. The van der Waals surface area contributed by atoms with Crippen molar-refractivity contribution in [2.75, 3.05) is 12.0 Å². The van der Waals surface area contributed by atoms with Crippen LogP contribution in [-0.2, 0) is 19.3 Å². The summed E-state index contributed by atoms with van der Waals surface area (Å²) in [6, 6.07) is 22.3. The summed E-state index contributed by atoms with van der Waals surface area (Å²) >= 11 is 5.92. The molecule has 31 heavy (non-hydrogen) atoms. The molecule has 0 atom stereocenters. The third-order valence-corrected chi connectivity index (χ3v) is 5.03. The molecule has 0 fully saturated rings. The average Bonchev–Trinajstić information content (AvgIpc) is 2.74. The first kappa shape index (κ1) is 24.5. The third-order valence-electron chi connectivity index (χ3n) is 4.78. The number of hydrogen-bond donors (Lipinski definition) is 3. The lowest BCUT2D eigenvalue weighted by Crippen LogP contribution is -2.24. The highest BCUT2D eigenvalue weighted by Gasteiger charge is 2.06. The second-order valence-corrected chi connectivity index (χ2v) is 7.92. The van der Waals surface area contributed by atoms with E-state index in [1.54, 1.807) is 0 Å². The van der Waals surface area contributed by atoms with Crippen molar-refractivity contribution in [1.82, 2.24) is 11.6 Å². The van der Waals surface area contributed by atoms with Crippen LogP contribution in [0.25, 0.3) is 0 Å². The molecule has 3 rings (SSSR count). The number of rotatable bonds is 10. The predicted molar refractivity (Wildman–Crippen MR) is 133 cm³/mol. The van der Waals surface area contributed by atoms with Gasteiger partial charge in [0.2, 0.25) is 0 Å². The summed E-state index contributed by atoms with van der Waals surface area (Å²) < 4.78 is 6.13. The van der Waals surface area contributed by atoms with Gasteiger partial charge < -0.3 is 16.3 Å². The first-order valence-corrected chi connectivity index (χ1v) is 10.7. The van der Waals surface area contributed by atoms with Crippen LogP contribution in [0.15, 0.2) is 78.9 Å². The van der Waals surface area contributed by atoms with E-state index in [2.05, 4.69) is 49.5 Å². The SMILES string of the molecule is C=C(C)Cc1ccc(Oc2ccc(NNCCc3ccc(Cl)cc3)cc2)c(CC)c1.N. The lowest BCUT2D eigenvalue weighted by molar-refractivity contribution is 0.476. The molecule has 0 radical (unpaired) electrons. The van der Waals surface area contributed by atoms with E-state index >= 15 is 0 Å². The number of aryl methyl sites for hydroxylation is 1. The van der Waals surface area contributed by atoms with Crippen molar-refractivity contribution in [2.45, 2.75) is 33.1 Å². The van der Waals surface area contributed by atoms with Gasteiger partial charge in [-0.25, -0.2) is 5.43 Å². The van der Waals surface area contributed by atoms with Crippen molar-refractivity contribution in [3.63, 3.8) is 0 Å². The molecule has 0 heterocycles. The molecule has 3 aromatic rings. The van der Waals surface area contributed by atoms with Crippen LogP contribution in [0, 0.1) is 0 Å². The van der Waals surface area contributed by atoms with Crippen molar-refractivity contribution in [1.29, 1.82) is 0 Å². The highest BCUT2D eigenvalue weighted by molar-refractivity contribution is 6.30. The van der Waals surface area contributed by atoms with Gasteiger partial charge in [-0.15, -0.1) is 0 Å². The van der Waals surface area contributed by atoms with Crippen molar-refractivity contribution in [3.05, 3.63) is 101 Å². The molecule has 0 aliphatic heterocycles. The Morgan fingerprint density at radius 3 is 2.29 bits per heavy atom. The average molecular weight is 438 g/mol. The molecular formula is C26H32ClN3O. The standard InChI is InChI=1S/C26H29ClN2O.H3N/c1-4-22-18-21(17-19(2)3)7-14-26(22)30-25-12-10-24(11-13-25)29-28-16-15-20-5-8-23(27)9-6-20;/h5-14,18,28-29H,2,4,15-17H2,1,3H3;1H3. The fourth-order valence-electron chi connectivity index (χ4n) is 3.22. The highest BCUT2D eigenvalue weighted by atomic mass is 35.5. The van der Waals surface area contributed by atoms with Gasteiger partial charge in [-0.05, 0) is 85.3 Å². The Labute approximate surface area is 190 Å². The maximum absolute atomic E-state index is 6.13. The molecule has 0 spiro atoms. The minimum absolute atomic E-state index is 0. The van der Waals surface area contributed by atoms with E-state index in [0.29, 0.717) is 0 Å². The lowest BCUT2D eigenvalue weighted by atomic mass is 10.0. The predicted octanol–water partition coefficient (Wildman–Crippen LogP) is 7.13. The van der Waals surface area contributed by atoms with Crippen LogP contribution in [-0.4, -0.2) is 6.54 Å². The molecule has 5 N–H and O–H groups in total. The molecule has 3 aromatic carbocycles. The number of nitrogens with one attached hydrogen (secondary N) is 2. The van der Waals surface area contributed by atoms with Gasteiger partial charge in [0.1, 0.15) is 11.5 Å². The van der Waals surface area contributed by atoms with Crippen LogP contribution in [0.4, 0.5) is 5.69 Å². The molecule has 0 aliphatic rings. The highest BCUT2D eigenvalue weighted by Crippen LogP contribution is 2.28. The summed E-state index contributed by atoms with van der Waals surface area (Å²) in [6.07, 6.45) is 2.75. The summed E-state index contributed by atoms with van der Waals surface area (Å²) in [6.45, 7) is 9.02. The van der Waals surface area contributed by atoms with Crippen molar-refractivity contribution in [2.24, 2.45) is 0 Å². The van der Waals surface area contributed by atoms with Crippen molar-refractivity contribution < 1.29 is 4.74 Å². The monoisotopic (exact) mass is 437 g/mol. The molecule has 0 amide bonds. The molecule has 4 nitrogen and oxygen atoms in total. The number of halogens is 1. The number of benzene rings is 3. The fourth-order valence-corrected chi connectivity index (χ4v) is 3.35. The van der Waals surface area contributed by atoms with E-state index in [9.17, 15) is 0 Å². The molecule has 5 heteroatoms. The largest absolute Gasteiger partial charge is 0.457 e. The van der Waals surface area contributed by atoms with Gasteiger partial charge in [-0.2, -0.15) is 0 Å². The minimum Gasteiger partial charge on any atom is -0.457 e. The van der Waals surface area contributed by atoms with Gasteiger partial charge in [-0.3, -0.25) is 0 Å². The Kier molecular flexibility index (Phi) is 9.60. The maximum Gasteiger partial charge on any atom is 0.130 e. The summed E-state index contributed by atoms with van der Waals surface area (Å²) in [5, 5.41) is 0.765. The maximum atomic E-state index is 6.13. The first-order valence-electron chi connectivity index (χ1n) is 10.3. The van der Waals surface area contributed by atoms with Gasteiger partial charge in [0.05, 0.1) is 0 Å². The van der Waals surface area contributed by atoms with Crippen LogP contribution in [0.3, 0.4) is 0 Å². The molecule has 0 saturated carbocycles. The Morgan fingerprint density at radius 1 is 0.968 bits per heavy atom. The van der Waals surface area contributed by atoms with Gasteiger partial charge in [0, 0.05) is 17.3 Å². The van der Waals surface area contributed by atoms with E-state index in [0.717, 1.165) is 53.6 Å². The number of ether oxygens (including phenoxy) is 1. The smallest absolute Gasteiger partial charge is 0.130 e. The van der Waals surface area contributed by atoms with Crippen LogP contribution in [0.5, 0.6) is 11.5 Å². The van der Waals surface area contributed by atoms with Gasteiger partial charge in [0.25, 0.3) is 0 Å². The number of hydrazine groups is 1. The normalized spacial score (nSPS) is 10.3. The Hall–Kier alpha value is -2.79. The van der Waals surface area contributed by atoms with E-state index in [4.69, 9.17) is 16.3 Å². The quantitative estimate of drug-likeness (QED) is 0.179. The fraction of sp³-hybridized carbons (Fsp3) is 0.231. The number of hydrogen-bond acceptors (Lipinski definition) is 4. The van der Waals surface area contributed by atoms with Crippen LogP contribution >= 0.6 is 11.6 Å². The Balaban J connectivity index is 0.00000341. The molecule has 0 unspecified atom stereocenters. The second kappa shape index (κ2) is 12.2. The second-order valence-electron chi connectivity index (χ2n) is 7.48. The molecule has 0 aromatic heterocycles. The van der Waals surface area contributed by atoms with Crippen LogP contribution in [0.2, 0.25) is 5.02 Å². The third kappa shape index (κ3) is 7.76. The van der Waals surface area contributed by atoms with Crippen molar-refractivity contribution in [3.8, 4) is 11.5 Å². The van der Waals surface area contributed by atoms with Crippen LogP contribution < -0.4 is 21.7 Å². The first-order chi connectivity index (χ1) is 14.5. The van der Waals surface area contributed by atoms with E-state index in [-0.39, 0.29) is 6.15 Å². The summed E-state index contributed by atoms with van der Waals surface area (Å²) in [5.41, 5.74) is 12.4. The van der Waals surface area contributed by atoms with Crippen molar-refractivity contribution >= 4 is 17.3 Å². The van der Waals surface area contributed by atoms with E-state index < -0.39 is 0 Å². The zero-order valence-corrected chi connectivity index (χ0v) is 19.1.